The van der Waals surface area contributed by atoms with Gasteiger partial charge in [0.15, 0.2) is 0 Å². The van der Waals surface area contributed by atoms with E-state index in [4.69, 9.17) is 0 Å². The van der Waals surface area contributed by atoms with Crippen molar-refractivity contribution in [3.05, 3.63) is 0 Å². The number of carbonyl (C=O) groups excluding carboxylic acids is 2. The zero-order valence-corrected chi connectivity index (χ0v) is 12.3. The van der Waals surface area contributed by atoms with E-state index in [0.29, 0.717) is 18.5 Å². The van der Waals surface area contributed by atoms with Crippen LogP contribution in [0.3, 0.4) is 0 Å². The Morgan fingerprint density at radius 1 is 1.35 bits per heavy atom. The minimum absolute atomic E-state index is 0.0716. The topological polar surface area (TPSA) is 72.9 Å². The zero-order chi connectivity index (χ0) is 14.7. The van der Waals surface area contributed by atoms with Gasteiger partial charge >= 0.3 is 0 Å². The van der Waals surface area contributed by atoms with Crippen molar-refractivity contribution in [3.63, 3.8) is 0 Å². The molecule has 0 bridgehead atoms. The fraction of sp³-hybridized carbons (Fsp3) is 0.857. The van der Waals surface area contributed by atoms with Crippen LogP contribution < -0.4 is 5.32 Å². The van der Waals surface area contributed by atoms with E-state index in [1.54, 1.807) is 7.05 Å². The fourth-order valence-electron chi connectivity index (χ4n) is 2.37. The number of amides is 2. The normalized spacial score (nSPS) is 27.1. The molecule has 1 aliphatic heterocycles. The number of β-amino-alcohol motifs (C(OH)–C–C–N with tert-alkyl or cyclic N) is 1. The van der Waals surface area contributed by atoms with E-state index in [2.05, 4.69) is 5.32 Å². The van der Waals surface area contributed by atoms with Gasteiger partial charge in [-0.3, -0.25) is 14.5 Å². The number of nitrogens with one attached hydrogen (secondary N) is 1. The summed E-state index contributed by atoms with van der Waals surface area (Å²) in [6, 6.07) is 0.324. The van der Waals surface area contributed by atoms with Gasteiger partial charge in [0.05, 0.1) is 19.2 Å². The summed E-state index contributed by atoms with van der Waals surface area (Å²) >= 11 is 0. The summed E-state index contributed by atoms with van der Waals surface area (Å²) in [4.78, 5) is 27.1. The van der Waals surface area contributed by atoms with Crippen molar-refractivity contribution in [3.8, 4) is 0 Å². The van der Waals surface area contributed by atoms with Crippen molar-refractivity contribution in [1.29, 1.82) is 0 Å². The van der Waals surface area contributed by atoms with E-state index in [1.165, 1.54) is 4.90 Å². The molecule has 114 valence electrons. The first-order valence-corrected chi connectivity index (χ1v) is 7.39. The van der Waals surface area contributed by atoms with Crippen molar-refractivity contribution >= 4 is 11.8 Å². The quantitative estimate of drug-likeness (QED) is 0.708. The summed E-state index contributed by atoms with van der Waals surface area (Å²) in [7, 11) is 1.65. The Bertz CT molecular complexity index is 371. The maximum Gasteiger partial charge on any atom is 0.239 e. The summed E-state index contributed by atoms with van der Waals surface area (Å²) in [6.45, 7) is 3.78. The number of likely N-dealkylation sites (tertiary alicyclic amines) is 1. The monoisotopic (exact) mass is 283 g/mol. The Balaban J connectivity index is 1.71. The molecule has 0 spiro atoms. The van der Waals surface area contributed by atoms with Gasteiger partial charge in [-0.25, -0.2) is 0 Å². The van der Waals surface area contributed by atoms with Crippen molar-refractivity contribution in [1.82, 2.24) is 15.1 Å². The molecule has 1 saturated heterocycles. The van der Waals surface area contributed by atoms with Crippen LogP contribution in [-0.4, -0.2) is 72.1 Å². The summed E-state index contributed by atoms with van der Waals surface area (Å²) in [5, 5.41) is 12.7. The third kappa shape index (κ3) is 4.45. The van der Waals surface area contributed by atoms with Crippen LogP contribution >= 0.6 is 0 Å². The Kier molecular flexibility index (Phi) is 4.99. The Labute approximate surface area is 120 Å². The fourth-order valence-corrected chi connectivity index (χ4v) is 2.37. The molecule has 1 aliphatic carbocycles. The number of aliphatic hydroxyl groups is 1. The molecule has 0 radical (unpaired) electrons. The van der Waals surface area contributed by atoms with Crippen LogP contribution in [0.4, 0.5) is 0 Å². The van der Waals surface area contributed by atoms with Crippen LogP contribution in [-0.2, 0) is 9.59 Å². The van der Waals surface area contributed by atoms with Gasteiger partial charge in [-0.05, 0) is 31.7 Å². The minimum atomic E-state index is -0.361. The van der Waals surface area contributed by atoms with E-state index in [1.807, 2.05) is 11.8 Å². The van der Waals surface area contributed by atoms with Crippen LogP contribution in [0, 0.1) is 5.92 Å². The molecule has 20 heavy (non-hydrogen) atoms. The standard InChI is InChI=1S/C14H25N3O3/c1-10-5-6-17(7-12(10)18)9-14(20)16(2)8-13(19)15-11-3-4-11/h10-12,18H,3-9H2,1-2H3,(H,15,19). The van der Waals surface area contributed by atoms with Gasteiger partial charge in [0.2, 0.25) is 11.8 Å². The lowest BCUT2D eigenvalue weighted by Crippen LogP contribution is -2.48. The van der Waals surface area contributed by atoms with Gasteiger partial charge in [-0.1, -0.05) is 6.92 Å². The predicted octanol–water partition coefficient (Wildman–Crippen LogP) is -0.574. The number of carbonyl (C=O) groups is 2. The van der Waals surface area contributed by atoms with Gasteiger partial charge in [0, 0.05) is 19.6 Å². The number of rotatable bonds is 5. The maximum absolute atomic E-state index is 12.1. The molecule has 6 heteroatoms. The van der Waals surface area contributed by atoms with Crippen molar-refractivity contribution in [2.75, 3.05) is 33.2 Å². The third-order valence-corrected chi connectivity index (χ3v) is 4.11. The van der Waals surface area contributed by atoms with Crippen LogP contribution in [0.15, 0.2) is 0 Å². The molecular formula is C14H25N3O3. The lowest BCUT2D eigenvalue weighted by Gasteiger charge is -2.34. The van der Waals surface area contributed by atoms with Crippen LogP contribution in [0.5, 0.6) is 0 Å². The second kappa shape index (κ2) is 6.54. The van der Waals surface area contributed by atoms with Crippen LogP contribution in [0.2, 0.25) is 0 Å². The number of piperidine rings is 1. The highest BCUT2D eigenvalue weighted by molar-refractivity contribution is 5.85. The highest BCUT2D eigenvalue weighted by Crippen LogP contribution is 2.18. The van der Waals surface area contributed by atoms with Crippen LogP contribution in [0.25, 0.3) is 0 Å². The van der Waals surface area contributed by atoms with Crippen molar-refractivity contribution < 1.29 is 14.7 Å². The summed E-state index contributed by atoms with van der Waals surface area (Å²) < 4.78 is 0. The molecule has 0 aromatic rings. The molecule has 2 aliphatic rings. The smallest absolute Gasteiger partial charge is 0.239 e. The third-order valence-electron chi connectivity index (χ3n) is 4.11. The van der Waals surface area contributed by atoms with E-state index >= 15 is 0 Å². The lowest BCUT2D eigenvalue weighted by atomic mass is 9.96. The largest absolute Gasteiger partial charge is 0.392 e. The number of aliphatic hydroxyl groups excluding tert-OH is 1. The van der Waals surface area contributed by atoms with Gasteiger partial charge in [-0.15, -0.1) is 0 Å². The van der Waals surface area contributed by atoms with Gasteiger partial charge in [0.1, 0.15) is 0 Å². The predicted molar refractivity (Wildman–Crippen MR) is 75.0 cm³/mol. The molecule has 2 amide bonds. The molecular weight excluding hydrogens is 258 g/mol. The first kappa shape index (κ1) is 15.3. The SMILES string of the molecule is CC1CCN(CC(=O)N(C)CC(=O)NC2CC2)CC1O. The van der Waals surface area contributed by atoms with Gasteiger partial charge in [0.25, 0.3) is 0 Å². The molecule has 6 nitrogen and oxygen atoms in total. The first-order chi connectivity index (χ1) is 9.45. The second-order valence-corrected chi connectivity index (χ2v) is 6.16. The number of hydrogen-bond donors (Lipinski definition) is 2. The van der Waals surface area contributed by atoms with E-state index in [-0.39, 0.29) is 31.0 Å². The summed E-state index contributed by atoms with van der Waals surface area (Å²) in [5.41, 5.74) is 0. The molecule has 0 aromatic carbocycles. The average molecular weight is 283 g/mol. The molecule has 2 N–H and O–H groups in total. The summed E-state index contributed by atoms with van der Waals surface area (Å²) in [5.74, 6) is 0.136. The summed E-state index contributed by atoms with van der Waals surface area (Å²) in [6.07, 6.45) is 2.64. The van der Waals surface area contributed by atoms with Crippen molar-refractivity contribution in [2.45, 2.75) is 38.3 Å². The number of likely N-dealkylation sites (N-methyl/N-ethyl adjacent to an activating group) is 1. The highest BCUT2D eigenvalue weighted by Gasteiger charge is 2.27. The van der Waals surface area contributed by atoms with Gasteiger partial charge in [-0.2, -0.15) is 0 Å². The zero-order valence-electron chi connectivity index (χ0n) is 12.3. The Morgan fingerprint density at radius 2 is 2.05 bits per heavy atom. The molecule has 1 saturated carbocycles. The highest BCUT2D eigenvalue weighted by atomic mass is 16.3. The molecule has 2 rings (SSSR count). The van der Waals surface area contributed by atoms with Gasteiger partial charge < -0.3 is 15.3 Å². The number of hydrogen-bond acceptors (Lipinski definition) is 4. The average Bonchev–Trinajstić information content (AvgIpc) is 3.17. The molecule has 2 unspecified atom stereocenters. The molecule has 0 aromatic heterocycles. The number of nitrogens with zero attached hydrogens (tertiary/aromatic N) is 2. The second-order valence-electron chi connectivity index (χ2n) is 6.16. The Hall–Kier alpha value is -1.14. The minimum Gasteiger partial charge on any atom is -0.392 e. The van der Waals surface area contributed by atoms with E-state index in [0.717, 1.165) is 25.8 Å². The van der Waals surface area contributed by atoms with E-state index in [9.17, 15) is 14.7 Å². The lowest BCUT2D eigenvalue weighted by molar-refractivity contribution is -0.136. The first-order valence-electron chi connectivity index (χ1n) is 7.39. The maximum atomic E-state index is 12.1. The molecule has 2 atom stereocenters. The molecule has 1 heterocycles. The van der Waals surface area contributed by atoms with E-state index < -0.39 is 0 Å². The van der Waals surface area contributed by atoms with Crippen LogP contribution in [0.1, 0.15) is 26.2 Å². The van der Waals surface area contributed by atoms with Crippen molar-refractivity contribution in [2.24, 2.45) is 5.92 Å². The Morgan fingerprint density at radius 3 is 2.65 bits per heavy atom. The molecule has 2 fully saturated rings.